The van der Waals surface area contributed by atoms with Gasteiger partial charge in [0.25, 0.3) is 5.91 Å². The number of anilines is 3. The number of hydrogen-bond donors (Lipinski definition) is 3. The Balaban J connectivity index is 1.48. The van der Waals surface area contributed by atoms with E-state index < -0.39 is 0 Å². The molecular formula is C23H23N3O2. The molecule has 0 spiro atoms. The Bertz CT molecular complexity index is 910. The Kier molecular flexibility index (Phi) is 6.41. The van der Waals surface area contributed by atoms with Crippen LogP contribution in [-0.4, -0.2) is 17.9 Å². The minimum atomic E-state index is -0.272. The van der Waals surface area contributed by atoms with Crippen LogP contribution in [0.3, 0.4) is 0 Å². The van der Waals surface area contributed by atoms with Crippen LogP contribution in [0.4, 0.5) is 17.1 Å². The summed E-state index contributed by atoms with van der Waals surface area (Å²) in [4.78, 5) is 24.4. The first kappa shape index (κ1) is 19.2. The van der Waals surface area contributed by atoms with Crippen molar-refractivity contribution in [3.63, 3.8) is 0 Å². The fourth-order valence-corrected chi connectivity index (χ4v) is 2.76. The van der Waals surface area contributed by atoms with Crippen LogP contribution < -0.4 is 16.0 Å². The monoisotopic (exact) mass is 373 g/mol. The highest BCUT2D eigenvalue weighted by molar-refractivity contribution is 5.95. The molecule has 0 saturated heterocycles. The Morgan fingerprint density at radius 3 is 1.93 bits per heavy atom. The minimum Gasteiger partial charge on any atom is -0.356 e. The summed E-state index contributed by atoms with van der Waals surface area (Å²) >= 11 is 0. The summed E-state index contributed by atoms with van der Waals surface area (Å²) in [5.74, 6) is -0.332. The zero-order chi connectivity index (χ0) is 19.8. The molecule has 0 aliphatic heterocycles. The first-order valence-electron chi connectivity index (χ1n) is 9.18. The summed E-state index contributed by atoms with van der Waals surface area (Å²) in [7, 11) is 0. The van der Waals surface area contributed by atoms with E-state index in [1.165, 1.54) is 0 Å². The van der Waals surface area contributed by atoms with Gasteiger partial charge in [-0.2, -0.15) is 0 Å². The zero-order valence-corrected chi connectivity index (χ0v) is 15.7. The molecule has 0 saturated carbocycles. The van der Waals surface area contributed by atoms with Gasteiger partial charge in [-0.1, -0.05) is 36.4 Å². The van der Waals surface area contributed by atoms with Gasteiger partial charge in [-0.25, -0.2) is 0 Å². The topological polar surface area (TPSA) is 70.2 Å². The molecule has 0 heterocycles. The maximum absolute atomic E-state index is 12.2. The number of amides is 2. The van der Waals surface area contributed by atoms with Gasteiger partial charge in [0.05, 0.1) is 0 Å². The van der Waals surface area contributed by atoms with Crippen LogP contribution in [0.1, 0.15) is 23.7 Å². The number of benzene rings is 3. The minimum absolute atomic E-state index is 0.148. The SMILES string of the molecule is CC(CC(=O)Nc1ccc(Nc2ccccc2)cc1)NC(=O)c1ccccc1. The van der Waals surface area contributed by atoms with Gasteiger partial charge in [0.15, 0.2) is 0 Å². The van der Waals surface area contributed by atoms with Gasteiger partial charge < -0.3 is 16.0 Å². The Hall–Kier alpha value is -3.60. The van der Waals surface area contributed by atoms with Crippen LogP contribution in [0.5, 0.6) is 0 Å². The Morgan fingerprint density at radius 2 is 1.29 bits per heavy atom. The molecule has 0 aliphatic carbocycles. The lowest BCUT2D eigenvalue weighted by Crippen LogP contribution is -2.35. The highest BCUT2D eigenvalue weighted by atomic mass is 16.2. The second-order valence-electron chi connectivity index (χ2n) is 6.56. The number of hydrogen-bond acceptors (Lipinski definition) is 3. The Labute approximate surface area is 164 Å². The van der Waals surface area contributed by atoms with Crippen LogP contribution >= 0.6 is 0 Å². The van der Waals surface area contributed by atoms with Crippen LogP contribution in [0.15, 0.2) is 84.9 Å². The largest absolute Gasteiger partial charge is 0.356 e. The van der Waals surface area contributed by atoms with Crippen molar-refractivity contribution < 1.29 is 9.59 Å². The van der Waals surface area contributed by atoms with E-state index in [-0.39, 0.29) is 24.3 Å². The van der Waals surface area contributed by atoms with E-state index in [4.69, 9.17) is 0 Å². The zero-order valence-electron chi connectivity index (χ0n) is 15.7. The van der Waals surface area contributed by atoms with Crippen molar-refractivity contribution in [2.45, 2.75) is 19.4 Å². The van der Waals surface area contributed by atoms with E-state index >= 15 is 0 Å². The van der Waals surface area contributed by atoms with Crippen LogP contribution in [-0.2, 0) is 4.79 Å². The van der Waals surface area contributed by atoms with Crippen molar-refractivity contribution in [3.05, 3.63) is 90.5 Å². The average molecular weight is 373 g/mol. The third-order valence-corrected chi connectivity index (χ3v) is 4.14. The van der Waals surface area contributed by atoms with Crippen molar-refractivity contribution in [2.24, 2.45) is 0 Å². The summed E-state index contributed by atoms with van der Waals surface area (Å²) in [6.07, 6.45) is 0.197. The van der Waals surface area contributed by atoms with Gasteiger partial charge in [-0.15, -0.1) is 0 Å². The van der Waals surface area contributed by atoms with Crippen molar-refractivity contribution in [1.82, 2.24) is 5.32 Å². The fourth-order valence-electron chi connectivity index (χ4n) is 2.76. The number of carbonyl (C=O) groups is 2. The first-order valence-corrected chi connectivity index (χ1v) is 9.18. The lowest BCUT2D eigenvalue weighted by atomic mass is 10.1. The second kappa shape index (κ2) is 9.37. The molecule has 5 heteroatoms. The van der Waals surface area contributed by atoms with E-state index in [1.54, 1.807) is 12.1 Å². The summed E-state index contributed by atoms with van der Waals surface area (Å²) in [6.45, 7) is 1.81. The summed E-state index contributed by atoms with van der Waals surface area (Å²) < 4.78 is 0. The fraction of sp³-hybridized carbons (Fsp3) is 0.130. The number of nitrogens with one attached hydrogen (secondary N) is 3. The van der Waals surface area contributed by atoms with Gasteiger partial charge in [-0.05, 0) is 55.5 Å². The molecule has 3 rings (SSSR count). The molecule has 1 unspecified atom stereocenters. The van der Waals surface area contributed by atoms with Crippen LogP contribution in [0.25, 0.3) is 0 Å². The van der Waals surface area contributed by atoms with Crippen molar-refractivity contribution in [3.8, 4) is 0 Å². The number of para-hydroxylation sites is 1. The maximum atomic E-state index is 12.2. The van der Waals surface area contributed by atoms with E-state index in [0.29, 0.717) is 11.3 Å². The summed E-state index contributed by atoms with van der Waals surface area (Å²) in [5.41, 5.74) is 3.23. The number of rotatable bonds is 7. The number of carbonyl (C=O) groups excluding carboxylic acids is 2. The quantitative estimate of drug-likeness (QED) is 0.568. The highest BCUT2D eigenvalue weighted by Gasteiger charge is 2.13. The summed E-state index contributed by atoms with van der Waals surface area (Å²) in [6, 6.07) is 26.1. The van der Waals surface area contributed by atoms with Gasteiger partial charge in [0.1, 0.15) is 0 Å². The van der Waals surface area contributed by atoms with Gasteiger partial charge in [0, 0.05) is 35.1 Å². The van der Waals surface area contributed by atoms with E-state index in [1.807, 2.05) is 79.7 Å². The van der Waals surface area contributed by atoms with E-state index in [2.05, 4.69) is 16.0 Å². The first-order chi connectivity index (χ1) is 13.6. The van der Waals surface area contributed by atoms with Crippen LogP contribution in [0.2, 0.25) is 0 Å². The molecule has 28 heavy (non-hydrogen) atoms. The van der Waals surface area contributed by atoms with Crippen molar-refractivity contribution in [2.75, 3.05) is 10.6 Å². The van der Waals surface area contributed by atoms with Gasteiger partial charge >= 0.3 is 0 Å². The smallest absolute Gasteiger partial charge is 0.251 e. The molecule has 3 aromatic rings. The molecule has 1 atom stereocenters. The normalized spacial score (nSPS) is 11.3. The molecule has 0 aromatic heterocycles. The Morgan fingerprint density at radius 1 is 0.750 bits per heavy atom. The predicted molar refractivity (Wildman–Crippen MR) is 113 cm³/mol. The molecule has 0 radical (unpaired) electrons. The third-order valence-electron chi connectivity index (χ3n) is 4.14. The maximum Gasteiger partial charge on any atom is 0.251 e. The van der Waals surface area contributed by atoms with Gasteiger partial charge in [0.2, 0.25) is 5.91 Å². The molecule has 0 bridgehead atoms. The standard InChI is InChI=1S/C23H23N3O2/c1-17(24-23(28)18-8-4-2-5-9-18)16-22(27)26-21-14-12-20(13-15-21)25-19-10-6-3-7-11-19/h2-15,17,25H,16H2,1H3,(H,24,28)(H,26,27). The van der Waals surface area contributed by atoms with E-state index in [9.17, 15) is 9.59 Å². The van der Waals surface area contributed by atoms with Crippen molar-refractivity contribution >= 4 is 28.9 Å². The molecule has 5 nitrogen and oxygen atoms in total. The molecule has 0 fully saturated rings. The lowest BCUT2D eigenvalue weighted by Gasteiger charge is -2.14. The van der Waals surface area contributed by atoms with Crippen LogP contribution in [0, 0.1) is 0 Å². The molecular weight excluding hydrogens is 350 g/mol. The molecule has 2 amide bonds. The van der Waals surface area contributed by atoms with Gasteiger partial charge in [-0.3, -0.25) is 9.59 Å². The molecule has 3 N–H and O–H groups in total. The third kappa shape index (κ3) is 5.71. The molecule has 0 aliphatic rings. The highest BCUT2D eigenvalue weighted by Crippen LogP contribution is 2.18. The lowest BCUT2D eigenvalue weighted by molar-refractivity contribution is -0.116. The van der Waals surface area contributed by atoms with Crippen molar-refractivity contribution in [1.29, 1.82) is 0 Å². The molecule has 142 valence electrons. The average Bonchev–Trinajstić information content (AvgIpc) is 2.70. The summed E-state index contributed by atoms with van der Waals surface area (Å²) in [5, 5.41) is 8.99. The second-order valence-corrected chi connectivity index (χ2v) is 6.56. The van der Waals surface area contributed by atoms with E-state index in [0.717, 1.165) is 11.4 Å². The molecule has 3 aromatic carbocycles. The predicted octanol–water partition coefficient (Wildman–Crippen LogP) is 4.58.